The molecule has 0 radical (unpaired) electrons. The highest BCUT2D eigenvalue weighted by atomic mass is 35.5. The number of halogens is 2. The Kier molecular flexibility index (Phi) is 5.66. The molecule has 4 heteroatoms. The highest BCUT2D eigenvalue weighted by Gasteiger charge is 2.15. The molecule has 2 aromatic rings. The van der Waals surface area contributed by atoms with E-state index in [1.165, 1.54) is 0 Å². The summed E-state index contributed by atoms with van der Waals surface area (Å²) in [7, 11) is 0. The van der Waals surface area contributed by atoms with E-state index in [1.54, 1.807) is 4.90 Å². The largest absolute Gasteiger partial charge is 0.335 e. The Morgan fingerprint density at radius 3 is 2.57 bits per heavy atom. The second-order valence-corrected chi connectivity index (χ2v) is 5.42. The number of alkyl halides is 1. The van der Waals surface area contributed by atoms with Crippen molar-refractivity contribution in [3.05, 3.63) is 70.2 Å². The highest BCUT2D eigenvalue weighted by molar-refractivity contribution is 6.31. The molecule has 0 saturated carbocycles. The van der Waals surface area contributed by atoms with Crippen LogP contribution in [0.2, 0.25) is 5.02 Å². The van der Waals surface area contributed by atoms with Crippen molar-refractivity contribution in [1.82, 2.24) is 4.90 Å². The van der Waals surface area contributed by atoms with E-state index < -0.39 is 0 Å². The predicted octanol–water partition coefficient (Wildman–Crippen LogP) is 4.74. The van der Waals surface area contributed by atoms with Crippen molar-refractivity contribution in [3.63, 3.8) is 0 Å². The molecule has 21 heavy (non-hydrogen) atoms. The maximum atomic E-state index is 12.6. The first-order valence-electron chi connectivity index (χ1n) is 6.83. The predicted molar refractivity (Wildman–Crippen MR) is 87.9 cm³/mol. The van der Waals surface area contributed by atoms with Gasteiger partial charge < -0.3 is 4.90 Å². The van der Waals surface area contributed by atoms with Gasteiger partial charge in [-0.05, 0) is 36.2 Å². The van der Waals surface area contributed by atoms with Crippen LogP contribution in [-0.2, 0) is 12.4 Å². The average molecular weight is 322 g/mol. The van der Waals surface area contributed by atoms with Crippen molar-refractivity contribution >= 4 is 29.1 Å². The Morgan fingerprint density at radius 1 is 1.14 bits per heavy atom. The third kappa shape index (κ3) is 3.99. The van der Waals surface area contributed by atoms with E-state index in [1.807, 2.05) is 55.5 Å². The van der Waals surface area contributed by atoms with E-state index in [9.17, 15) is 4.79 Å². The van der Waals surface area contributed by atoms with Gasteiger partial charge in [0.15, 0.2) is 0 Å². The van der Waals surface area contributed by atoms with Crippen molar-refractivity contribution in [2.75, 3.05) is 6.54 Å². The zero-order valence-corrected chi connectivity index (χ0v) is 13.4. The SMILES string of the molecule is CCN(Cc1ccccc1Cl)C(=O)c1cccc(CCl)c1. The molecule has 2 nitrogen and oxygen atoms in total. The molecule has 0 aliphatic carbocycles. The molecule has 2 rings (SSSR count). The first-order valence-corrected chi connectivity index (χ1v) is 7.74. The van der Waals surface area contributed by atoms with Crippen LogP contribution in [0.1, 0.15) is 28.4 Å². The monoisotopic (exact) mass is 321 g/mol. The van der Waals surface area contributed by atoms with Gasteiger partial charge in [-0.1, -0.05) is 41.9 Å². The summed E-state index contributed by atoms with van der Waals surface area (Å²) in [6, 6.07) is 15.0. The number of rotatable bonds is 5. The van der Waals surface area contributed by atoms with Gasteiger partial charge in [0.1, 0.15) is 0 Å². The van der Waals surface area contributed by atoms with Crippen LogP contribution in [0.5, 0.6) is 0 Å². The average Bonchev–Trinajstić information content (AvgIpc) is 2.53. The van der Waals surface area contributed by atoms with E-state index in [-0.39, 0.29) is 5.91 Å². The fraction of sp³-hybridized carbons (Fsp3) is 0.235. The van der Waals surface area contributed by atoms with Crippen LogP contribution in [0, 0.1) is 0 Å². The molecule has 0 aliphatic rings. The number of amides is 1. The lowest BCUT2D eigenvalue weighted by molar-refractivity contribution is 0.0752. The van der Waals surface area contributed by atoms with Gasteiger partial charge in [-0.25, -0.2) is 0 Å². The quantitative estimate of drug-likeness (QED) is 0.728. The number of carbonyl (C=O) groups excluding carboxylic acids is 1. The van der Waals surface area contributed by atoms with Crippen LogP contribution in [0.3, 0.4) is 0 Å². The lowest BCUT2D eigenvalue weighted by Crippen LogP contribution is -2.30. The van der Waals surface area contributed by atoms with Crippen LogP contribution in [0.25, 0.3) is 0 Å². The summed E-state index contributed by atoms with van der Waals surface area (Å²) in [5.41, 5.74) is 2.54. The number of nitrogens with zero attached hydrogens (tertiary/aromatic N) is 1. The van der Waals surface area contributed by atoms with Crippen molar-refractivity contribution in [2.45, 2.75) is 19.3 Å². The smallest absolute Gasteiger partial charge is 0.254 e. The molecule has 1 amide bonds. The molecule has 0 bridgehead atoms. The van der Waals surface area contributed by atoms with Crippen molar-refractivity contribution < 1.29 is 4.79 Å². The minimum atomic E-state index is -0.00983. The van der Waals surface area contributed by atoms with E-state index >= 15 is 0 Å². The lowest BCUT2D eigenvalue weighted by atomic mass is 10.1. The molecule has 2 aromatic carbocycles. The second-order valence-electron chi connectivity index (χ2n) is 4.74. The number of benzene rings is 2. The van der Waals surface area contributed by atoms with Crippen LogP contribution in [0.4, 0.5) is 0 Å². The third-order valence-corrected chi connectivity index (χ3v) is 3.99. The summed E-state index contributed by atoms with van der Waals surface area (Å²) in [5.74, 6) is 0.391. The van der Waals surface area contributed by atoms with Gasteiger partial charge in [-0.2, -0.15) is 0 Å². The molecule has 0 heterocycles. The zero-order chi connectivity index (χ0) is 15.2. The normalized spacial score (nSPS) is 10.4. The topological polar surface area (TPSA) is 20.3 Å². The number of carbonyl (C=O) groups is 1. The van der Waals surface area contributed by atoms with Gasteiger partial charge in [-0.15, -0.1) is 11.6 Å². The molecule has 0 aromatic heterocycles. The Bertz CT molecular complexity index is 628. The van der Waals surface area contributed by atoms with Gasteiger partial charge >= 0.3 is 0 Å². The molecule has 0 aliphatic heterocycles. The third-order valence-electron chi connectivity index (χ3n) is 3.32. The van der Waals surface area contributed by atoms with E-state index in [2.05, 4.69) is 0 Å². The standard InChI is InChI=1S/C17H17Cl2NO/c1-2-20(12-15-7-3-4-9-16(15)19)17(21)14-8-5-6-13(10-14)11-18/h3-10H,2,11-12H2,1H3. The first-order chi connectivity index (χ1) is 10.2. The van der Waals surface area contributed by atoms with Crippen LogP contribution >= 0.6 is 23.2 Å². The molecule has 0 saturated heterocycles. The summed E-state index contributed by atoms with van der Waals surface area (Å²) in [6.45, 7) is 3.08. The minimum Gasteiger partial charge on any atom is -0.335 e. The van der Waals surface area contributed by atoms with E-state index in [4.69, 9.17) is 23.2 Å². The molecule has 0 N–H and O–H groups in total. The molecule has 0 unspecified atom stereocenters. The summed E-state index contributed by atoms with van der Waals surface area (Å²) in [4.78, 5) is 14.4. The maximum Gasteiger partial charge on any atom is 0.254 e. The summed E-state index contributed by atoms with van der Waals surface area (Å²) >= 11 is 12.0. The fourth-order valence-electron chi connectivity index (χ4n) is 2.13. The Balaban J connectivity index is 2.20. The van der Waals surface area contributed by atoms with Gasteiger partial charge in [0.05, 0.1) is 0 Å². The van der Waals surface area contributed by atoms with Gasteiger partial charge in [0, 0.05) is 29.6 Å². The van der Waals surface area contributed by atoms with Crippen molar-refractivity contribution in [3.8, 4) is 0 Å². The summed E-state index contributed by atoms with van der Waals surface area (Å²) < 4.78 is 0. The Labute approximate surface area is 135 Å². The number of hydrogen-bond acceptors (Lipinski definition) is 1. The van der Waals surface area contributed by atoms with Gasteiger partial charge in [0.25, 0.3) is 5.91 Å². The minimum absolute atomic E-state index is 0.00983. The Morgan fingerprint density at radius 2 is 1.90 bits per heavy atom. The lowest BCUT2D eigenvalue weighted by Gasteiger charge is -2.22. The molecule has 0 spiro atoms. The first kappa shape index (κ1) is 15.9. The van der Waals surface area contributed by atoms with Crippen LogP contribution < -0.4 is 0 Å². The second kappa shape index (κ2) is 7.48. The summed E-state index contributed by atoms with van der Waals surface area (Å²) in [5, 5.41) is 0.679. The van der Waals surface area contributed by atoms with E-state index in [0.717, 1.165) is 11.1 Å². The fourth-order valence-corrected chi connectivity index (χ4v) is 2.49. The molecule has 110 valence electrons. The molecule has 0 fully saturated rings. The van der Waals surface area contributed by atoms with Gasteiger partial charge in [0.2, 0.25) is 0 Å². The van der Waals surface area contributed by atoms with Crippen molar-refractivity contribution in [1.29, 1.82) is 0 Å². The van der Waals surface area contributed by atoms with Crippen LogP contribution in [-0.4, -0.2) is 17.4 Å². The van der Waals surface area contributed by atoms with Crippen molar-refractivity contribution in [2.24, 2.45) is 0 Å². The zero-order valence-electron chi connectivity index (χ0n) is 11.9. The van der Waals surface area contributed by atoms with Gasteiger partial charge in [-0.3, -0.25) is 4.79 Å². The highest BCUT2D eigenvalue weighted by Crippen LogP contribution is 2.18. The molecule has 0 atom stereocenters. The molecular formula is C17H17Cl2NO. The Hall–Kier alpha value is -1.51. The van der Waals surface area contributed by atoms with E-state index in [0.29, 0.717) is 29.6 Å². The van der Waals surface area contributed by atoms with Crippen LogP contribution in [0.15, 0.2) is 48.5 Å². The summed E-state index contributed by atoms with van der Waals surface area (Å²) in [6.07, 6.45) is 0. The maximum absolute atomic E-state index is 12.6. The number of hydrogen-bond donors (Lipinski definition) is 0. The molecular weight excluding hydrogens is 305 g/mol.